The molecule has 0 aliphatic rings. The SMILES string of the molecule is CC(C)CC(CNc1ccccc1[N+](=O)[O-])CC(=O)O. The summed E-state index contributed by atoms with van der Waals surface area (Å²) in [6.07, 6.45) is 0.825. The van der Waals surface area contributed by atoms with Crippen molar-refractivity contribution in [3.63, 3.8) is 0 Å². The largest absolute Gasteiger partial charge is 0.481 e. The van der Waals surface area contributed by atoms with E-state index in [1.165, 1.54) is 6.07 Å². The maximum atomic E-state index is 10.9. The van der Waals surface area contributed by atoms with E-state index in [4.69, 9.17) is 5.11 Å². The van der Waals surface area contributed by atoms with Crippen molar-refractivity contribution in [2.24, 2.45) is 11.8 Å². The number of carbonyl (C=O) groups is 1. The van der Waals surface area contributed by atoms with E-state index >= 15 is 0 Å². The lowest BCUT2D eigenvalue weighted by Crippen LogP contribution is -2.20. The van der Waals surface area contributed by atoms with E-state index in [1.54, 1.807) is 18.2 Å². The van der Waals surface area contributed by atoms with Gasteiger partial charge in [0.2, 0.25) is 0 Å². The van der Waals surface area contributed by atoms with Crippen LogP contribution in [0.15, 0.2) is 24.3 Å². The normalized spacial score (nSPS) is 12.2. The number of nitro groups is 1. The van der Waals surface area contributed by atoms with Crippen LogP contribution in [0.4, 0.5) is 11.4 Å². The predicted molar refractivity (Wildman–Crippen MR) is 76.8 cm³/mol. The van der Waals surface area contributed by atoms with Crippen molar-refractivity contribution in [2.45, 2.75) is 26.7 Å². The van der Waals surface area contributed by atoms with Gasteiger partial charge in [0.25, 0.3) is 5.69 Å². The first-order valence-electron chi connectivity index (χ1n) is 6.59. The average molecular weight is 280 g/mol. The first-order valence-corrected chi connectivity index (χ1v) is 6.59. The van der Waals surface area contributed by atoms with Crippen LogP contribution < -0.4 is 5.32 Å². The predicted octanol–water partition coefficient (Wildman–Crippen LogP) is 3.14. The summed E-state index contributed by atoms with van der Waals surface area (Å²) in [6.45, 7) is 4.47. The van der Waals surface area contributed by atoms with Crippen LogP contribution in [0.2, 0.25) is 0 Å². The molecule has 110 valence electrons. The number of carboxylic acids is 1. The maximum absolute atomic E-state index is 10.9. The molecular weight excluding hydrogens is 260 g/mol. The molecule has 6 nitrogen and oxygen atoms in total. The van der Waals surface area contributed by atoms with Crippen molar-refractivity contribution in [2.75, 3.05) is 11.9 Å². The minimum Gasteiger partial charge on any atom is -0.481 e. The van der Waals surface area contributed by atoms with Gasteiger partial charge >= 0.3 is 5.97 Å². The number of hydrogen-bond donors (Lipinski definition) is 2. The van der Waals surface area contributed by atoms with Crippen molar-refractivity contribution in [3.05, 3.63) is 34.4 Å². The zero-order valence-corrected chi connectivity index (χ0v) is 11.7. The Balaban J connectivity index is 2.71. The third-order valence-corrected chi connectivity index (χ3v) is 2.95. The Hall–Kier alpha value is -2.11. The van der Waals surface area contributed by atoms with E-state index in [1.807, 2.05) is 13.8 Å². The Morgan fingerprint density at radius 1 is 1.40 bits per heavy atom. The molecule has 1 aromatic rings. The molecule has 0 heterocycles. The summed E-state index contributed by atoms with van der Waals surface area (Å²) in [7, 11) is 0. The van der Waals surface area contributed by atoms with E-state index in [-0.39, 0.29) is 18.0 Å². The van der Waals surface area contributed by atoms with Gasteiger partial charge in [-0.3, -0.25) is 14.9 Å². The highest BCUT2D eigenvalue weighted by Gasteiger charge is 2.17. The Morgan fingerprint density at radius 3 is 2.60 bits per heavy atom. The van der Waals surface area contributed by atoms with Crippen LogP contribution in [-0.2, 0) is 4.79 Å². The van der Waals surface area contributed by atoms with E-state index in [2.05, 4.69) is 5.32 Å². The van der Waals surface area contributed by atoms with Crippen LogP contribution in [0.3, 0.4) is 0 Å². The standard InChI is InChI=1S/C14H20N2O4/c1-10(2)7-11(8-14(17)18)9-15-12-5-3-4-6-13(12)16(19)20/h3-6,10-11,15H,7-9H2,1-2H3,(H,17,18). The first kappa shape index (κ1) is 15.9. The molecule has 1 unspecified atom stereocenters. The minimum absolute atomic E-state index is 0.00567. The van der Waals surface area contributed by atoms with Crippen LogP contribution >= 0.6 is 0 Å². The lowest BCUT2D eigenvalue weighted by molar-refractivity contribution is -0.384. The molecule has 0 spiro atoms. The molecule has 0 aliphatic heterocycles. The molecule has 2 N–H and O–H groups in total. The van der Waals surface area contributed by atoms with Gasteiger partial charge in [-0.05, 0) is 24.3 Å². The number of para-hydroxylation sites is 2. The smallest absolute Gasteiger partial charge is 0.303 e. The number of rotatable bonds is 8. The van der Waals surface area contributed by atoms with Gasteiger partial charge in [0.15, 0.2) is 0 Å². The van der Waals surface area contributed by atoms with Crippen molar-refractivity contribution < 1.29 is 14.8 Å². The van der Waals surface area contributed by atoms with Crippen molar-refractivity contribution in [1.29, 1.82) is 0 Å². The molecule has 0 radical (unpaired) electrons. The topological polar surface area (TPSA) is 92.5 Å². The number of hydrogen-bond acceptors (Lipinski definition) is 4. The number of carboxylic acid groups (broad SMARTS) is 1. The number of nitrogens with zero attached hydrogens (tertiary/aromatic N) is 1. The van der Waals surface area contributed by atoms with Crippen LogP contribution in [0, 0.1) is 22.0 Å². The van der Waals surface area contributed by atoms with E-state index in [0.29, 0.717) is 18.2 Å². The molecule has 0 saturated carbocycles. The van der Waals surface area contributed by atoms with Crippen molar-refractivity contribution in [3.8, 4) is 0 Å². The van der Waals surface area contributed by atoms with Gasteiger partial charge in [-0.15, -0.1) is 0 Å². The summed E-state index contributed by atoms with van der Waals surface area (Å²) in [5.41, 5.74) is 0.433. The van der Waals surface area contributed by atoms with Crippen molar-refractivity contribution >= 4 is 17.3 Å². The van der Waals surface area contributed by atoms with Crippen LogP contribution in [0.25, 0.3) is 0 Å². The fraction of sp³-hybridized carbons (Fsp3) is 0.500. The summed E-state index contributed by atoms with van der Waals surface area (Å²) >= 11 is 0. The highest BCUT2D eigenvalue weighted by Crippen LogP contribution is 2.24. The second-order valence-electron chi connectivity index (χ2n) is 5.25. The molecule has 0 aromatic heterocycles. The highest BCUT2D eigenvalue weighted by atomic mass is 16.6. The second kappa shape index (κ2) is 7.47. The van der Waals surface area contributed by atoms with Crippen LogP contribution in [-0.4, -0.2) is 22.5 Å². The molecule has 1 atom stereocenters. The van der Waals surface area contributed by atoms with Crippen LogP contribution in [0.1, 0.15) is 26.7 Å². The van der Waals surface area contributed by atoms with Gasteiger partial charge in [-0.2, -0.15) is 0 Å². The monoisotopic (exact) mass is 280 g/mol. The Kier molecular flexibility index (Phi) is 5.96. The molecule has 20 heavy (non-hydrogen) atoms. The van der Waals surface area contributed by atoms with E-state index in [0.717, 1.165) is 6.42 Å². The number of nitro benzene ring substituents is 1. The first-order chi connectivity index (χ1) is 9.40. The fourth-order valence-corrected chi connectivity index (χ4v) is 2.19. The Bertz CT molecular complexity index is 474. The molecule has 0 bridgehead atoms. The lowest BCUT2D eigenvalue weighted by atomic mass is 9.94. The summed E-state index contributed by atoms with van der Waals surface area (Å²) in [6, 6.07) is 6.37. The number of nitrogens with one attached hydrogen (secondary N) is 1. The summed E-state index contributed by atoms with van der Waals surface area (Å²) < 4.78 is 0. The average Bonchev–Trinajstić information content (AvgIpc) is 2.34. The number of anilines is 1. The summed E-state index contributed by atoms with van der Waals surface area (Å²) in [5.74, 6) is -0.515. The molecule has 6 heteroatoms. The molecule has 0 fully saturated rings. The van der Waals surface area contributed by atoms with Gasteiger partial charge in [-0.25, -0.2) is 0 Å². The summed E-state index contributed by atoms with van der Waals surface area (Å²) in [5, 5.41) is 22.8. The van der Waals surface area contributed by atoms with Gasteiger partial charge in [-0.1, -0.05) is 26.0 Å². The highest BCUT2D eigenvalue weighted by molar-refractivity contribution is 5.67. The summed E-state index contributed by atoms with van der Waals surface area (Å²) in [4.78, 5) is 21.3. The van der Waals surface area contributed by atoms with E-state index in [9.17, 15) is 14.9 Å². The maximum Gasteiger partial charge on any atom is 0.303 e. The molecular formula is C14H20N2O4. The fourth-order valence-electron chi connectivity index (χ4n) is 2.19. The van der Waals surface area contributed by atoms with Gasteiger partial charge in [0.05, 0.1) is 4.92 Å². The minimum atomic E-state index is -0.847. The van der Waals surface area contributed by atoms with Gasteiger partial charge in [0.1, 0.15) is 5.69 Å². The van der Waals surface area contributed by atoms with Crippen LogP contribution in [0.5, 0.6) is 0 Å². The second-order valence-corrected chi connectivity index (χ2v) is 5.25. The lowest BCUT2D eigenvalue weighted by Gasteiger charge is -2.18. The zero-order valence-electron chi connectivity index (χ0n) is 11.7. The van der Waals surface area contributed by atoms with E-state index < -0.39 is 10.9 Å². The number of benzene rings is 1. The van der Waals surface area contributed by atoms with Gasteiger partial charge < -0.3 is 10.4 Å². The Labute approximate surface area is 118 Å². The Morgan fingerprint density at radius 2 is 2.05 bits per heavy atom. The van der Waals surface area contributed by atoms with Crippen molar-refractivity contribution in [1.82, 2.24) is 0 Å². The molecule has 1 rings (SSSR count). The third-order valence-electron chi connectivity index (χ3n) is 2.95. The number of aliphatic carboxylic acids is 1. The molecule has 0 amide bonds. The third kappa shape index (κ3) is 5.26. The zero-order chi connectivity index (χ0) is 15.1. The van der Waals surface area contributed by atoms with Gasteiger partial charge in [0, 0.05) is 19.0 Å². The molecule has 1 aromatic carbocycles. The quantitative estimate of drug-likeness (QED) is 0.563. The molecule has 0 aliphatic carbocycles. The molecule has 0 saturated heterocycles.